The number of pyridine rings is 1. The number of hydrogen-bond acceptors (Lipinski definition) is 4. The maximum absolute atomic E-state index is 12.7. The lowest BCUT2D eigenvalue weighted by atomic mass is 8.91. The van der Waals surface area contributed by atoms with Crippen LogP contribution in [0.2, 0.25) is 0 Å². The third-order valence-corrected chi connectivity index (χ3v) is 9.99. The molecule has 0 aromatic carbocycles. The van der Waals surface area contributed by atoms with Crippen molar-refractivity contribution in [3.8, 4) is 0 Å². The summed E-state index contributed by atoms with van der Waals surface area (Å²) in [5.74, 6) is 4.20. The molecule has 6 aliphatic carbocycles. The Morgan fingerprint density at radius 1 is 1.13 bits per heavy atom. The van der Waals surface area contributed by atoms with Gasteiger partial charge in [-0.3, -0.25) is 14.6 Å². The molecule has 1 amide bonds. The smallest absolute Gasteiger partial charge is 0.433 e. The van der Waals surface area contributed by atoms with E-state index >= 15 is 0 Å². The van der Waals surface area contributed by atoms with Crippen LogP contribution in [-0.4, -0.2) is 42.0 Å². The highest BCUT2D eigenvalue weighted by atomic mass is 19.4. The van der Waals surface area contributed by atoms with Crippen LogP contribution in [0.25, 0.3) is 0 Å². The first-order valence-electron chi connectivity index (χ1n) is 10.7. The molecule has 0 spiro atoms. The molecule has 1 aliphatic heterocycles. The van der Waals surface area contributed by atoms with Crippen LogP contribution in [-0.2, 0) is 15.7 Å². The number of halogens is 3. The van der Waals surface area contributed by atoms with Crippen molar-refractivity contribution in [1.29, 1.82) is 0 Å². The van der Waals surface area contributed by atoms with E-state index in [1.165, 1.54) is 13.2 Å². The van der Waals surface area contributed by atoms with Gasteiger partial charge in [0.25, 0.3) is 5.91 Å². The van der Waals surface area contributed by atoms with Crippen molar-refractivity contribution in [2.45, 2.75) is 19.0 Å². The number of alkyl halides is 3. The van der Waals surface area contributed by atoms with Crippen molar-refractivity contribution < 1.29 is 27.5 Å². The molecule has 8 heteroatoms. The zero-order valence-electron chi connectivity index (χ0n) is 16.4. The number of amides is 1. The molecule has 158 valence electrons. The molecule has 7 aliphatic rings. The molecular formula is C22H21F3N2O3. The molecule has 0 bridgehead atoms. The Labute approximate surface area is 171 Å². The summed E-state index contributed by atoms with van der Waals surface area (Å²) in [6.45, 7) is 1.23. The van der Waals surface area contributed by atoms with Crippen LogP contribution >= 0.6 is 0 Å². The Kier molecular flexibility index (Phi) is 2.84. The number of methoxy groups -OCH3 is 1. The molecule has 0 N–H and O–H groups in total. The van der Waals surface area contributed by atoms with Gasteiger partial charge in [0.2, 0.25) is 0 Å². The lowest BCUT2D eigenvalue weighted by Crippen LogP contribution is -3.12. The summed E-state index contributed by atoms with van der Waals surface area (Å²) in [5, 5.41) is 0. The van der Waals surface area contributed by atoms with Crippen LogP contribution in [0.1, 0.15) is 28.9 Å². The predicted octanol–water partition coefficient (Wildman–Crippen LogP) is 2.86. The van der Waals surface area contributed by atoms with Gasteiger partial charge in [0, 0.05) is 19.3 Å². The minimum Gasteiger partial charge on any atom is -0.469 e. The Morgan fingerprint density at radius 3 is 2.33 bits per heavy atom. The van der Waals surface area contributed by atoms with Crippen molar-refractivity contribution in [3.63, 3.8) is 0 Å². The van der Waals surface area contributed by atoms with Crippen molar-refractivity contribution in [3.05, 3.63) is 29.6 Å². The van der Waals surface area contributed by atoms with E-state index in [0.717, 1.165) is 42.9 Å². The standard InChI is InChI=1S/C22H21F3N2O3/c1-30-19(29)21-15-12-14-13(15)17(21)20(14,16(12)21)10-4-6-27(7-5-10)18(28)9-2-3-11(26-8-9)22(23,24)25/h2-3,8,10,12-17H,4-7H2,1H3. The first kappa shape index (κ1) is 17.5. The monoisotopic (exact) mass is 418 g/mol. The highest BCUT2D eigenvalue weighted by molar-refractivity contribution is 5.94. The molecule has 4 unspecified atom stereocenters. The number of nitrogens with zero attached hydrogens (tertiary/aromatic N) is 2. The number of hydrogen-bond donors (Lipinski definition) is 0. The minimum atomic E-state index is -4.51. The SMILES string of the molecule is COC(=O)C12C3C4C5C3C1C5(C1CCN(C(=O)c3ccc(C(F)(F)F)nc3)CC1)C42. The summed E-state index contributed by atoms with van der Waals surface area (Å²) in [4.78, 5) is 30.3. The average Bonchev–Trinajstić information content (AvgIpc) is 2.77. The van der Waals surface area contributed by atoms with Crippen molar-refractivity contribution in [2.24, 2.45) is 52.3 Å². The van der Waals surface area contributed by atoms with E-state index in [1.807, 2.05) is 0 Å². The Morgan fingerprint density at radius 2 is 1.80 bits per heavy atom. The zero-order chi connectivity index (χ0) is 20.8. The summed E-state index contributed by atoms with van der Waals surface area (Å²) in [5.41, 5.74) is -0.624. The third-order valence-electron chi connectivity index (χ3n) is 9.99. The van der Waals surface area contributed by atoms with E-state index in [1.54, 1.807) is 4.90 Å². The zero-order valence-corrected chi connectivity index (χ0v) is 16.4. The number of esters is 1. The second-order valence-electron chi connectivity index (χ2n) is 10.1. The second-order valence-corrected chi connectivity index (χ2v) is 10.1. The number of carbonyl (C=O) groups excluding carboxylic acids is 2. The molecule has 2 heterocycles. The van der Waals surface area contributed by atoms with Crippen LogP contribution in [0.5, 0.6) is 0 Å². The summed E-state index contributed by atoms with van der Waals surface area (Å²) >= 11 is 0. The minimum absolute atomic E-state index is 0.00573. The Balaban J connectivity index is 1.04. The van der Waals surface area contributed by atoms with Crippen LogP contribution in [0.15, 0.2) is 18.3 Å². The number of aromatic nitrogens is 1. The molecule has 6 saturated carbocycles. The predicted molar refractivity (Wildman–Crippen MR) is 95.7 cm³/mol. The molecule has 7 fully saturated rings. The Bertz CT molecular complexity index is 978. The van der Waals surface area contributed by atoms with E-state index in [0.29, 0.717) is 42.2 Å². The van der Waals surface area contributed by atoms with Gasteiger partial charge in [-0.1, -0.05) is 0 Å². The van der Waals surface area contributed by atoms with Gasteiger partial charge in [0.05, 0.1) is 18.1 Å². The molecule has 0 radical (unpaired) electrons. The second kappa shape index (κ2) is 4.86. The van der Waals surface area contributed by atoms with Gasteiger partial charge in [-0.15, -0.1) is 0 Å². The highest BCUT2D eigenvalue weighted by Gasteiger charge is 3.12. The van der Waals surface area contributed by atoms with Crippen LogP contribution < -0.4 is 0 Å². The summed E-state index contributed by atoms with van der Waals surface area (Å²) in [6, 6.07) is 2.07. The van der Waals surface area contributed by atoms with E-state index in [2.05, 4.69) is 4.98 Å². The molecule has 5 nitrogen and oxygen atoms in total. The topological polar surface area (TPSA) is 59.5 Å². The maximum atomic E-state index is 12.7. The van der Waals surface area contributed by atoms with E-state index < -0.39 is 11.9 Å². The summed E-state index contributed by atoms with van der Waals surface area (Å²) in [7, 11) is 1.50. The fourth-order valence-corrected chi connectivity index (χ4v) is 9.52. The van der Waals surface area contributed by atoms with E-state index in [-0.39, 0.29) is 22.9 Å². The number of likely N-dealkylation sites (tertiary alicyclic amines) is 1. The number of piperidine rings is 1. The van der Waals surface area contributed by atoms with Crippen molar-refractivity contribution >= 4 is 11.9 Å². The molecule has 4 atom stereocenters. The molecule has 1 saturated heterocycles. The third kappa shape index (κ3) is 1.43. The average molecular weight is 418 g/mol. The van der Waals surface area contributed by atoms with Gasteiger partial charge < -0.3 is 9.64 Å². The van der Waals surface area contributed by atoms with Crippen LogP contribution in [0.3, 0.4) is 0 Å². The number of rotatable bonds is 3. The summed E-state index contributed by atoms with van der Waals surface area (Å²) in [6.07, 6.45) is -1.67. The van der Waals surface area contributed by atoms with Gasteiger partial charge in [-0.25, -0.2) is 0 Å². The molecule has 1 aromatic heterocycles. The molecule has 8 rings (SSSR count). The maximum Gasteiger partial charge on any atom is 0.433 e. The molecule has 1 aromatic rings. The van der Waals surface area contributed by atoms with E-state index in [9.17, 15) is 22.8 Å². The Hall–Kier alpha value is -2.12. The van der Waals surface area contributed by atoms with Gasteiger partial charge in [0.15, 0.2) is 0 Å². The van der Waals surface area contributed by atoms with Gasteiger partial charge in [-0.05, 0) is 71.8 Å². The summed E-state index contributed by atoms with van der Waals surface area (Å²) < 4.78 is 43.2. The largest absolute Gasteiger partial charge is 0.469 e. The molecule has 30 heavy (non-hydrogen) atoms. The van der Waals surface area contributed by atoms with Gasteiger partial charge >= 0.3 is 12.1 Å². The first-order chi connectivity index (χ1) is 14.3. The van der Waals surface area contributed by atoms with Crippen LogP contribution in [0, 0.1) is 52.3 Å². The highest BCUT2D eigenvalue weighted by Crippen LogP contribution is 3.11. The normalized spacial score (nSPS) is 46.5. The van der Waals surface area contributed by atoms with Crippen molar-refractivity contribution in [1.82, 2.24) is 9.88 Å². The fourth-order valence-electron chi connectivity index (χ4n) is 9.52. The first-order valence-corrected chi connectivity index (χ1v) is 10.7. The van der Waals surface area contributed by atoms with E-state index in [4.69, 9.17) is 4.74 Å². The molecular weight excluding hydrogens is 397 g/mol. The van der Waals surface area contributed by atoms with Crippen molar-refractivity contribution in [2.75, 3.05) is 20.2 Å². The lowest BCUT2D eigenvalue weighted by Gasteiger charge is -3.11. The number of carbonyl (C=O) groups is 2. The quantitative estimate of drug-likeness (QED) is 0.709. The van der Waals surface area contributed by atoms with Gasteiger partial charge in [0.1, 0.15) is 5.69 Å². The van der Waals surface area contributed by atoms with Crippen LogP contribution in [0.4, 0.5) is 13.2 Å². The van der Waals surface area contributed by atoms with Gasteiger partial charge in [-0.2, -0.15) is 13.2 Å². The lowest BCUT2D eigenvalue weighted by molar-refractivity contribution is -0.655. The number of ether oxygens (including phenoxy) is 1. The fraction of sp³-hybridized carbons (Fsp3) is 0.682.